The monoisotopic (exact) mass is 353 g/mol. The quantitative estimate of drug-likeness (QED) is 0.589. The van der Waals surface area contributed by atoms with E-state index in [0.717, 1.165) is 32.3 Å². The summed E-state index contributed by atoms with van der Waals surface area (Å²) in [4.78, 5) is 4.68. The molecule has 0 aliphatic rings. The van der Waals surface area contributed by atoms with Crippen molar-refractivity contribution in [3.63, 3.8) is 0 Å². The van der Waals surface area contributed by atoms with Crippen molar-refractivity contribution in [1.29, 1.82) is 0 Å². The number of hydrogen-bond acceptors (Lipinski definition) is 4. The normalized spacial score (nSPS) is 11.2. The molecule has 22 heavy (non-hydrogen) atoms. The van der Waals surface area contributed by atoms with Crippen molar-refractivity contribution in [2.45, 2.75) is 6.92 Å². The SMILES string of the molecule is Cc1cc(Nc2nc3ccccc3c3nncn23)ccc1Br. The summed E-state index contributed by atoms with van der Waals surface area (Å²) in [6.07, 6.45) is 1.67. The minimum Gasteiger partial charge on any atom is -0.325 e. The van der Waals surface area contributed by atoms with Gasteiger partial charge >= 0.3 is 0 Å². The van der Waals surface area contributed by atoms with Gasteiger partial charge in [-0.05, 0) is 42.8 Å². The van der Waals surface area contributed by atoms with Gasteiger partial charge in [-0.15, -0.1) is 10.2 Å². The van der Waals surface area contributed by atoms with Gasteiger partial charge in [0.15, 0.2) is 5.65 Å². The second kappa shape index (κ2) is 5.06. The maximum absolute atomic E-state index is 4.68. The molecule has 0 fully saturated rings. The minimum atomic E-state index is 0.695. The number of nitrogens with zero attached hydrogens (tertiary/aromatic N) is 4. The summed E-state index contributed by atoms with van der Waals surface area (Å²) >= 11 is 3.51. The highest BCUT2D eigenvalue weighted by molar-refractivity contribution is 9.10. The molecule has 108 valence electrons. The van der Waals surface area contributed by atoms with Gasteiger partial charge in [-0.1, -0.05) is 28.1 Å². The average molecular weight is 354 g/mol. The van der Waals surface area contributed by atoms with Gasteiger partial charge < -0.3 is 5.32 Å². The molecule has 0 aliphatic carbocycles. The van der Waals surface area contributed by atoms with Crippen LogP contribution in [0.15, 0.2) is 53.3 Å². The van der Waals surface area contributed by atoms with Gasteiger partial charge in [-0.2, -0.15) is 0 Å². The predicted octanol–water partition coefficient (Wildman–Crippen LogP) is 4.09. The number of aromatic nitrogens is 4. The van der Waals surface area contributed by atoms with Gasteiger partial charge in [-0.3, -0.25) is 4.40 Å². The standard InChI is InChI=1S/C16H12BrN5/c1-10-8-11(6-7-13(10)17)19-16-20-14-5-3-2-4-12(14)15-21-18-9-22(15)16/h2-9H,1H3,(H,19,20). The molecule has 4 rings (SSSR count). The molecule has 2 heterocycles. The largest absolute Gasteiger partial charge is 0.325 e. The van der Waals surface area contributed by atoms with E-state index in [4.69, 9.17) is 0 Å². The van der Waals surface area contributed by atoms with E-state index < -0.39 is 0 Å². The lowest BCUT2D eigenvalue weighted by Gasteiger charge is -2.10. The zero-order valence-electron chi connectivity index (χ0n) is 11.8. The lowest BCUT2D eigenvalue weighted by Crippen LogP contribution is -2.02. The fraction of sp³-hybridized carbons (Fsp3) is 0.0625. The highest BCUT2D eigenvalue weighted by atomic mass is 79.9. The summed E-state index contributed by atoms with van der Waals surface area (Å²) in [5.41, 5.74) is 3.81. The number of rotatable bonds is 2. The van der Waals surface area contributed by atoms with Crippen molar-refractivity contribution in [3.05, 3.63) is 58.8 Å². The van der Waals surface area contributed by atoms with Crippen LogP contribution in [0.25, 0.3) is 16.6 Å². The molecule has 0 atom stereocenters. The fourth-order valence-corrected chi connectivity index (χ4v) is 2.69. The van der Waals surface area contributed by atoms with E-state index in [1.165, 1.54) is 0 Å². The third kappa shape index (κ3) is 2.12. The topological polar surface area (TPSA) is 55.1 Å². The molecule has 0 spiro atoms. The molecule has 2 aromatic carbocycles. The summed E-state index contributed by atoms with van der Waals surface area (Å²) in [7, 11) is 0. The number of anilines is 2. The molecular formula is C16H12BrN5. The van der Waals surface area contributed by atoms with Crippen LogP contribution >= 0.6 is 15.9 Å². The van der Waals surface area contributed by atoms with Crippen molar-refractivity contribution in [2.75, 3.05) is 5.32 Å². The Kier molecular flexibility index (Phi) is 3.04. The molecule has 0 amide bonds. The Labute approximate surface area is 135 Å². The van der Waals surface area contributed by atoms with Gasteiger partial charge in [0.25, 0.3) is 0 Å². The maximum Gasteiger partial charge on any atom is 0.215 e. The molecule has 6 heteroatoms. The first-order chi connectivity index (χ1) is 10.7. The first kappa shape index (κ1) is 13.2. The number of hydrogen-bond donors (Lipinski definition) is 1. The van der Waals surface area contributed by atoms with E-state index >= 15 is 0 Å². The Bertz CT molecular complexity index is 992. The predicted molar refractivity (Wildman–Crippen MR) is 90.4 cm³/mol. The van der Waals surface area contributed by atoms with E-state index in [2.05, 4.69) is 49.4 Å². The molecular weight excluding hydrogens is 342 g/mol. The van der Waals surface area contributed by atoms with Gasteiger partial charge in [0.2, 0.25) is 5.95 Å². The molecule has 1 N–H and O–H groups in total. The third-order valence-corrected chi connectivity index (χ3v) is 4.45. The number of aryl methyl sites for hydroxylation is 1. The average Bonchev–Trinajstić information content (AvgIpc) is 3.01. The third-order valence-electron chi connectivity index (χ3n) is 3.56. The van der Waals surface area contributed by atoms with Gasteiger partial charge in [0.05, 0.1) is 5.52 Å². The van der Waals surface area contributed by atoms with E-state index in [1.54, 1.807) is 6.33 Å². The van der Waals surface area contributed by atoms with Gasteiger partial charge in [-0.25, -0.2) is 4.98 Å². The zero-order chi connectivity index (χ0) is 15.1. The highest BCUT2D eigenvalue weighted by Gasteiger charge is 2.10. The maximum atomic E-state index is 4.68. The van der Waals surface area contributed by atoms with Crippen LogP contribution in [0.1, 0.15) is 5.56 Å². The summed E-state index contributed by atoms with van der Waals surface area (Å²) in [5.74, 6) is 0.695. The van der Waals surface area contributed by atoms with Crippen LogP contribution in [-0.4, -0.2) is 19.6 Å². The van der Waals surface area contributed by atoms with E-state index in [-0.39, 0.29) is 0 Å². The number of halogens is 1. The number of benzene rings is 2. The van der Waals surface area contributed by atoms with E-state index in [1.807, 2.05) is 40.8 Å². The Balaban J connectivity index is 1.89. The molecule has 0 saturated carbocycles. The number of fused-ring (bicyclic) bond motifs is 3. The summed E-state index contributed by atoms with van der Waals surface area (Å²) in [6.45, 7) is 2.05. The Morgan fingerprint density at radius 3 is 2.86 bits per heavy atom. The molecule has 0 saturated heterocycles. The van der Waals surface area contributed by atoms with E-state index in [9.17, 15) is 0 Å². The van der Waals surface area contributed by atoms with Crippen molar-refractivity contribution in [1.82, 2.24) is 19.6 Å². The van der Waals surface area contributed by atoms with Gasteiger partial charge in [0, 0.05) is 15.5 Å². The van der Waals surface area contributed by atoms with Crippen LogP contribution in [0.2, 0.25) is 0 Å². The molecule has 2 aromatic heterocycles. The van der Waals surface area contributed by atoms with Crippen molar-refractivity contribution < 1.29 is 0 Å². The van der Waals surface area contributed by atoms with Crippen LogP contribution in [0, 0.1) is 6.92 Å². The summed E-state index contributed by atoms with van der Waals surface area (Å²) in [6, 6.07) is 14.0. The zero-order valence-corrected chi connectivity index (χ0v) is 13.4. The minimum absolute atomic E-state index is 0.695. The van der Waals surface area contributed by atoms with Gasteiger partial charge in [0.1, 0.15) is 6.33 Å². The molecule has 0 bridgehead atoms. The summed E-state index contributed by atoms with van der Waals surface area (Å²) < 4.78 is 2.94. The van der Waals surface area contributed by atoms with Crippen LogP contribution < -0.4 is 5.32 Å². The molecule has 4 aromatic rings. The van der Waals surface area contributed by atoms with Crippen LogP contribution in [0.4, 0.5) is 11.6 Å². The molecule has 0 aliphatic heterocycles. The van der Waals surface area contributed by atoms with Crippen molar-refractivity contribution >= 4 is 44.1 Å². The Morgan fingerprint density at radius 2 is 2.00 bits per heavy atom. The first-order valence-corrected chi connectivity index (χ1v) is 7.63. The first-order valence-electron chi connectivity index (χ1n) is 6.84. The molecule has 5 nitrogen and oxygen atoms in total. The second-order valence-corrected chi connectivity index (χ2v) is 5.92. The lowest BCUT2D eigenvalue weighted by atomic mass is 10.2. The Hall–Kier alpha value is -2.47. The molecule has 0 radical (unpaired) electrons. The van der Waals surface area contributed by atoms with Crippen LogP contribution in [0.3, 0.4) is 0 Å². The lowest BCUT2D eigenvalue weighted by molar-refractivity contribution is 1.09. The fourth-order valence-electron chi connectivity index (χ4n) is 2.44. The Morgan fingerprint density at radius 1 is 1.14 bits per heavy atom. The van der Waals surface area contributed by atoms with Crippen molar-refractivity contribution in [2.24, 2.45) is 0 Å². The highest BCUT2D eigenvalue weighted by Crippen LogP contribution is 2.25. The van der Waals surface area contributed by atoms with Crippen LogP contribution in [-0.2, 0) is 0 Å². The summed E-state index contributed by atoms with van der Waals surface area (Å²) in [5, 5.41) is 12.5. The van der Waals surface area contributed by atoms with E-state index in [0.29, 0.717) is 5.95 Å². The van der Waals surface area contributed by atoms with Crippen molar-refractivity contribution in [3.8, 4) is 0 Å². The molecule has 0 unspecified atom stereocenters. The smallest absolute Gasteiger partial charge is 0.215 e. The van der Waals surface area contributed by atoms with Crippen LogP contribution in [0.5, 0.6) is 0 Å². The number of para-hydroxylation sites is 1. The second-order valence-electron chi connectivity index (χ2n) is 5.07. The number of nitrogens with one attached hydrogen (secondary N) is 1.